The highest BCUT2D eigenvalue weighted by Gasteiger charge is 2.32. The van der Waals surface area contributed by atoms with E-state index >= 15 is 0 Å². The lowest BCUT2D eigenvalue weighted by atomic mass is 10.1. The maximum Gasteiger partial charge on any atom is 0.573 e. The topological polar surface area (TPSA) is 52.0 Å². The van der Waals surface area contributed by atoms with Gasteiger partial charge in [-0.1, -0.05) is 23.7 Å². The van der Waals surface area contributed by atoms with Crippen LogP contribution in [0.5, 0.6) is 5.75 Å². The van der Waals surface area contributed by atoms with Gasteiger partial charge in [0.2, 0.25) is 0 Å². The fourth-order valence-corrected chi connectivity index (χ4v) is 3.55. The van der Waals surface area contributed by atoms with Gasteiger partial charge in [-0.05, 0) is 30.3 Å². The second-order valence-corrected chi connectivity index (χ2v) is 7.14. The molecule has 0 fully saturated rings. The quantitative estimate of drug-likeness (QED) is 0.399. The van der Waals surface area contributed by atoms with E-state index in [2.05, 4.69) is 20.0 Å². The lowest BCUT2D eigenvalue weighted by molar-refractivity contribution is -0.274. The number of rotatable bonds is 5. The minimum absolute atomic E-state index is 0.154. The second kappa shape index (κ2) is 7.76. The zero-order valence-corrected chi connectivity index (χ0v) is 16.1. The molecule has 0 saturated carbocycles. The number of imidazole rings is 1. The molecule has 0 amide bonds. The minimum atomic E-state index is -4.80. The Morgan fingerprint density at radius 2 is 1.90 bits per heavy atom. The molecular weight excluding hydrogens is 425 g/mol. The number of halogens is 4. The van der Waals surface area contributed by atoms with Gasteiger partial charge in [-0.3, -0.25) is 0 Å². The Balaban J connectivity index is 1.47. The highest BCUT2D eigenvalue weighted by atomic mass is 35.5. The van der Waals surface area contributed by atoms with E-state index in [1.165, 1.54) is 23.5 Å². The second-order valence-electron chi connectivity index (χ2n) is 5.87. The Morgan fingerprint density at radius 1 is 1.10 bits per heavy atom. The molecule has 0 aliphatic carbocycles. The summed E-state index contributed by atoms with van der Waals surface area (Å²) in [5.74, 6) is -0.456. The smallest absolute Gasteiger partial charge is 0.404 e. The van der Waals surface area contributed by atoms with E-state index in [1.54, 1.807) is 12.5 Å². The summed E-state index contributed by atoms with van der Waals surface area (Å²) < 4.78 is 42.7. The van der Waals surface area contributed by atoms with E-state index in [-0.39, 0.29) is 5.02 Å². The number of nitrogens with zero attached hydrogens (tertiary/aromatic N) is 3. The van der Waals surface area contributed by atoms with Gasteiger partial charge in [0.1, 0.15) is 5.75 Å². The number of nitrogens with one attached hydrogen (secondary N) is 1. The van der Waals surface area contributed by atoms with Crippen molar-refractivity contribution in [2.75, 3.05) is 5.32 Å². The molecule has 0 saturated heterocycles. The Hall–Kier alpha value is -3.04. The molecule has 0 aliphatic heterocycles. The number of aromatic nitrogens is 3. The van der Waals surface area contributed by atoms with Gasteiger partial charge in [0.05, 0.1) is 17.0 Å². The normalized spacial score (nSPS) is 11.4. The van der Waals surface area contributed by atoms with Crippen LogP contribution in [-0.2, 0) is 0 Å². The monoisotopic (exact) mass is 436 g/mol. The van der Waals surface area contributed by atoms with Crippen molar-refractivity contribution in [3.63, 3.8) is 0 Å². The van der Waals surface area contributed by atoms with Crippen LogP contribution < -0.4 is 10.1 Å². The van der Waals surface area contributed by atoms with Crippen LogP contribution in [0.15, 0.2) is 66.6 Å². The van der Waals surface area contributed by atoms with Gasteiger partial charge in [-0.25, -0.2) is 9.97 Å². The van der Waals surface area contributed by atoms with E-state index in [0.717, 1.165) is 23.0 Å². The molecule has 0 radical (unpaired) electrons. The SMILES string of the molecule is FC(F)(F)Oc1ccc(Nc2nc(-c3ccc(-n4ccnc4)cc3)cs2)cc1Cl. The summed E-state index contributed by atoms with van der Waals surface area (Å²) in [6, 6.07) is 11.8. The summed E-state index contributed by atoms with van der Waals surface area (Å²) in [5.41, 5.74) is 3.19. The molecule has 0 atom stereocenters. The van der Waals surface area contributed by atoms with Crippen molar-refractivity contribution in [3.8, 4) is 22.7 Å². The molecule has 2 aromatic heterocycles. The van der Waals surface area contributed by atoms with Crippen molar-refractivity contribution in [1.82, 2.24) is 14.5 Å². The summed E-state index contributed by atoms with van der Waals surface area (Å²) in [6.07, 6.45) is 0.489. The Labute approximate surface area is 172 Å². The summed E-state index contributed by atoms with van der Waals surface area (Å²) in [4.78, 5) is 8.54. The molecule has 4 rings (SSSR count). The van der Waals surface area contributed by atoms with Crippen LogP contribution in [0.2, 0.25) is 5.02 Å². The molecule has 2 aromatic carbocycles. The van der Waals surface area contributed by atoms with Crippen molar-refractivity contribution >= 4 is 33.8 Å². The van der Waals surface area contributed by atoms with Crippen molar-refractivity contribution in [3.05, 3.63) is 71.6 Å². The zero-order valence-electron chi connectivity index (χ0n) is 14.5. The number of benzene rings is 2. The Bertz CT molecular complexity index is 1110. The van der Waals surface area contributed by atoms with Gasteiger partial charge in [0.25, 0.3) is 0 Å². The third-order valence-corrected chi connectivity index (χ3v) is 4.93. The van der Waals surface area contributed by atoms with E-state index in [0.29, 0.717) is 10.8 Å². The highest BCUT2D eigenvalue weighted by Crippen LogP contribution is 2.34. The number of hydrogen-bond acceptors (Lipinski definition) is 5. The minimum Gasteiger partial charge on any atom is -0.404 e. The summed E-state index contributed by atoms with van der Waals surface area (Å²) in [7, 11) is 0. The van der Waals surface area contributed by atoms with Crippen molar-refractivity contribution in [2.45, 2.75) is 6.36 Å². The van der Waals surface area contributed by atoms with Gasteiger partial charge in [0.15, 0.2) is 5.13 Å². The van der Waals surface area contributed by atoms with Crippen LogP contribution in [0.4, 0.5) is 24.0 Å². The number of ether oxygens (including phenoxy) is 1. The lowest BCUT2D eigenvalue weighted by Gasteiger charge is -2.11. The molecule has 10 heteroatoms. The lowest BCUT2D eigenvalue weighted by Crippen LogP contribution is -2.17. The molecule has 2 heterocycles. The van der Waals surface area contributed by atoms with Gasteiger partial charge < -0.3 is 14.6 Å². The van der Waals surface area contributed by atoms with Gasteiger partial charge in [0, 0.05) is 34.7 Å². The predicted molar refractivity (Wildman–Crippen MR) is 106 cm³/mol. The van der Waals surface area contributed by atoms with E-state index in [4.69, 9.17) is 11.6 Å². The standard InChI is InChI=1S/C19H12ClF3N4OS/c20-15-9-13(3-6-17(15)28-19(21,22)23)25-18-26-16(10-29-18)12-1-4-14(5-2-12)27-8-7-24-11-27/h1-11H,(H,25,26). The maximum atomic E-state index is 12.3. The van der Waals surface area contributed by atoms with Crippen LogP contribution >= 0.6 is 22.9 Å². The Kier molecular flexibility index (Phi) is 5.16. The fraction of sp³-hybridized carbons (Fsp3) is 0.0526. The first kappa shape index (κ1) is 19.3. The molecule has 0 spiro atoms. The first-order valence-electron chi connectivity index (χ1n) is 8.24. The molecule has 1 N–H and O–H groups in total. The number of anilines is 2. The van der Waals surface area contributed by atoms with Crippen LogP contribution in [0, 0.1) is 0 Å². The van der Waals surface area contributed by atoms with Gasteiger partial charge in [-0.2, -0.15) is 0 Å². The molecule has 4 aromatic rings. The predicted octanol–water partition coefficient (Wildman–Crippen LogP) is 6.29. The molecule has 29 heavy (non-hydrogen) atoms. The number of thiazole rings is 1. The van der Waals surface area contributed by atoms with Crippen LogP contribution in [-0.4, -0.2) is 20.9 Å². The van der Waals surface area contributed by atoms with Crippen LogP contribution in [0.1, 0.15) is 0 Å². The molecule has 0 bridgehead atoms. The molecular formula is C19H12ClF3N4OS. The Morgan fingerprint density at radius 3 is 2.55 bits per heavy atom. The average molecular weight is 437 g/mol. The zero-order chi connectivity index (χ0) is 20.4. The third kappa shape index (κ3) is 4.69. The molecule has 5 nitrogen and oxygen atoms in total. The van der Waals surface area contributed by atoms with E-state index < -0.39 is 12.1 Å². The van der Waals surface area contributed by atoms with E-state index in [1.807, 2.05) is 40.4 Å². The largest absolute Gasteiger partial charge is 0.573 e. The molecule has 0 unspecified atom stereocenters. The van der Waals surface area contributed by atoms with Gasteiger partial charge in [-0.15, -0.1) is 24.5 Å². The fourth-order valence-electron chi connectivity index (χ4n) is 2.59. The molecule has 148 valence electrons. The average Bonchev–Trinajstić information content (AvgIpc) is 3.35. The van der Waals surface area contributed by atoms with Crippen LogP contribution in [0.25, 0.3) is 16.9 Å². The first-order valence-corrected chi connectivity index (χ1v) is 9.50. The van der Waals surface area contributed by atoms with Crippen molar-refractivity contribution in [2.24, 2.45) is 0 Å². The van der Waals surface area contributed by atoms with Crippen molar-refractivity contribution in [1.29, 1.82) is 0 Å². The molecule has 0 aliphatic rings. The van der Waals surface area contributed by atoms with E-state index in [9.17, 15) is 13.2 Å². The summed E-state index contributed by atoms with van der Waals surface area (Å²) in [5, 5.41) is 5.35. The van der Waals surface area contributed by atoms with Crippen molar-refractivity contribution < 1.29 is 17.9 Å². The first-order chi connectivity index (χ1) is 13.9. The highest BCUT2D eigenvalue weighted by molar-refractivity contribution is 7.14. The van der Waals surface area contributed by atoms with Gasteiger partial charge >= 0.3 is 6.36 Å². The van der Waals surface area contributed by atoms with Crippen LogP contribution in [0.3, 0.4) is 0 Å². The number of alkyl halides is 3. The summed E-state index contributed by atoms with van der Waals surface area (Å²) >= 11 is 7.24. The maximum absolute atomic E-state index is 12.3. The summed E-state index contributed by atoms with van der Waals surface area (Å²) in [6.45, 7) is 0. The number of hydrogen-bond donors (Lipinski definition) is 1. The third-order valence-electron chi connectivity index (χ3n) is 3.88.